The maximum Gasteiger partial charge on any atom is 0.276 e. The molecule has 0 aliphatic heterocycles. The standard InChI is InChI=1S/C13H17N5O3/c1-7-4-11(9(3)21-7)8(2)15-12-5-10(18(19)20)6-13(16-12)17-14/h4-6,8H,14H2,1-3H3,(H2,15,16,17). The molecule has 112 valence electrons. The van der Waals surface area contributed by atoms with Crippen molar-refractivity contribution in [2.24, 2.45) is 5.84 Å². The largest absolute Gasteiger partial charge is 0.466 e. The Morgan fingerprint density at radius 3 is 2.52 bits per heavy atom. The van der Waals surface area contributed by atoms with Crippen LogP contribution in [-0.2, 0) is 0 Å². The molecular weight excluding hydrogens is 274 g/mol. The third kappa shape index (κ3) is 3.29. The fraction of sp³-hybridized carbons (Fsp3) is 0.308. The van der Waals surface area contributed by atoms with Crippen LogP contribution in [0.1, 0.15) is 30.0 Å². The van der Waals surface area contributed by atoms with Gasteiger partial charge in [-0.3, -0.25) is 10.1 Å². The van der Waals surface area contributed by atoms with Crippen molar-refractivity contribution < 1.29 is 9.34 Å². The van der Waals surface area contributed by atoms with Gasteiger partial charge in [-0.05, 0) is 26.8 Å². The molecule has 0 fully saturated rings. The van der Waals surface area contributed by atoms with E-state index in [1.807, 2.05) is 26.8 Å². The van der Waals surface area contributed by atoms with E-state index in [-0.39, 0.29) is 17.5 Å². The van der Waals surface area contributed by atoms with E-state index in [1.54, 1.807) is 0 Å². The van der Waals surface area contributed by atoms with Crippen molar-refractivity contribution in [2.75, 3.05) is 10.7 Å². The lowest BCUT2D eigenvalue weighted by Crippen LogP contribution is -2.12. The van der Waals surface area contributed by atoms with Gasteiger partial charge in [0.2, 0.25) is 0 Å². The third-order valence-corrected chi connectivity index (χ3v) is 3.08. The Kier molecular flexibility index (Phi) is 4.08. The molecule has 0 spiro atoms. The van der Waals surface area contributed by atoms with Crippen LogP contribution in [0.25, 0.3) is 0 Å². The predicted molar refractivity (Wildman–Crippen MR) is 78.9 cm³/mol. The molecule has 0 aliphatic carbocycles. The van der Waals surface area contributed by atoms with Crippen LogP contribution in [0, 0.1) is 24.0 Å². The Balaban J connectivity index is 2.28. The summed E-state index contributed by atoms with van der Waals surface area (Å²) >= 11 is 0. The fourth-order valence-electron chi connectivity index (χ4n) is 2.15. The quantitative estimate of drug-likeness (QED) is 0.440. The highest BCUT2D eigenvalue weighted by Crippen LogP contribution is 2.26. The Labute approximate surface area is 121 Å². The van der Waals surface area contributed by atoms with E-state index in [0.717, 1.165) is 17.1 Å². The molecule has 21 heavy (non-hydrogen) atoms. The summed E-state index contributed by atoms with van der Waals surface area (Å²) in [6.07, 6.45) is 0. The minimum Gasteiger partial charge on any atom is -0.466 e. The molecule has 0 saturated carbocycles. The van der Waals surface area contributed by atoms with E-state index in [2.05, 4.69) is 15.7 Å². The van der Waals surface area contributed by atoms with Crippen molar-refractivity contribution in [3.63, 3.8) is 0 Å². The Morgan fingerprint density at radius 2 is 2.00 bits per heavy atom. The van der Waals surface area contributed by atoms with Crippen molar-refractivity contribution in [2.45, 2.75) is 26.8 Å². The zero-order valence-corrected chi connectivity index (χ0v) is 12.0. The SMILES string of the molecule is Cc1cc(C(C)Nc2cc([N+](=O)[O-])cc(NN)n2)c(C)o1. The number of nitrogens with one attached hydrogen (secondary N) is 2. The predicted octanol–water partition coefficient (Wildman–Crippen LogP) is 2.66. The first-order valence-corrected chi connectivity index (χ1v) is 6.37. The van der Waals surface area contributed by atoms with Crippen LogP contribution in [-0.4, -0.2) is 9.91 Å². The van der Waals surface area contributed by atoms with E-state index in [9.17, 15) is 10.1 Å². The van der Waals surface area contributed by atoms with Gasteiger partial charge in [0.1, 0.15) is 23.2 Å². The first-order chi connectivity index (χ1) is 9.90. The average Bonchev–Trinajstić information content (AvgIpc) is 2.77. The first-order valence-electron chi connectivity index (χ1n) is 6.37. The molecule has 0 saturated heterocycles. The molecule has 0 amide bonds. The topological polar surface area (TPSA) is 119 Å². The number of nitrogens with zero attached hydrogens (tertiary/aromatic N) is 2. The summed E-state index contributed by atoms with van der Waals surface area (Å²) in [6.45, 7) is 5.66. The molecule has 2 aromatic heterocycles. The second kappa shape index (κ2) is 5.80. The van der Waals surface area contributed by atoms with Gasteiger partial charge >= 0.3 is 0 Å². The normalized spacial score (nSPS) is 12.0. The van der Waals surface area contributed by atoms with Crippen molar-refractivity contribution in [1.29, 1.82) is 0 Å². The Morgan fingerprint density at radius 1 is 1.33 bits per heavy atom. The molecule has 0 aromatic carbocycles. The molecule has 0 radical (unpaired) electrons. The Hall–Kier alpha value is -2.61. The summed E-state index contributed by atoms with van der Waals surface area (Å²) in [4.78, 5) is 14.6. The van der Waals surface area contributed by atoms with Gasteiger partial charge in [-0.25, -0.2) is 10.8 Å². The minimum absolute atomic E-state index is 0.0900. The summed E-state index contributed by atoms with van der Waals surface area (Å²) in [7, 11) is 0. The van der Waals surface area contributed by atoms with E-state index >= 15 is 0 Å². The number of furan rings is 1. The fourth-order valence-corrected chi connectivity index (χ4v) is 2.15. The van der Waals surface area contributed by atoms with Gasteiger partial charge in [0.05, 0.1) is 23.1 Å². The number of aryl methyl sites for hydroxylation is 2. The van der Waals surface area contributed by atoms with Crippen LogP contribution in [0.4, 0.5) is 17.3 Å². The highest BCUT2D eigenvalue weighted by atomic mass is 16.6. The summed E-state index contributed by atoms with van der Waals surface area (Å²) in [5.41, 5.74) is 3.20. The molecule has 2 aromatic rings. The van der Waals surface area contributed by atoms with E-state index in [4.69, 9.17) is 10.3 Å². The molecule has 1 unspecified atom stereocenters. The van der Waals surface area contributed by atoms with Crippen molar-refractivity contribution in [3.8, 4) is 0 Å². The van der Waals surface area contributed by atoms with Crippen LogP contribution >= 0.6 is 0 Å². The van der Waals surface area contributed by atoms with Gasteiger partial charge in [-0.15, -0.1) is 0 Å². The lowest BCUT2D eigenvalue weighted by molar-refractivity contribution is -0.384. The van der Waals surface area contributed by atoms with E-state index in [0.29, 0.717) is 5.82 Å². The van der Waals surface area contributed by atoms with Crippen LogP contribution in [0.5, 0.6) is 0 Å². The number of rotatable bonds is 5. The third-order valence-electron chi connectivity index (χ3n) is 3.08. The molecular formula is C13H17N5O3. The molecule has 2 rings (SSSR count). The molecule has 0 bridgehead atoms. The summed E-state index contributed by atoms with van der Waals surface area (Å²) < 4.78 is 5.48. The number of nitro groups is 1. The Bertz CT molecular complexity index is 668. The number of hydrogen-bond donors (Lipinski definition) is 3. The maximum atomic E-state index is 10.9. The van der Waals surface area contributed by atoms with E-state index < -0.39 is 4.92 Å². The highest BCUT2D eigenvalue weighted by molar-refractivity contribution is 5.55. The zero-order valence-electron chi connectivity index (χ0n) is 12.0. The average molecular weight is 291 g/mol. The van der Waals surface area contributed by atoms with Crippen molar-refractivity contribution in [1.82, 2.24) is 4.98 Å². The zero-order chi connectivity index (χ0) is 15.6. The van der Waals surface area contributed by atoms with Crippen molar-refractivity contribution >= 4 is 17.3 Å². The smallest absolute Gasteiger partial charge is 0.276 e. The lowest BCUT2D eigenvalue weighted by Gasteiger charge is -2.14. The number of hydrazine groups is 1. The van der Waals surface area contributed by atoms with Crippen LogP contribution < -0.4 is 16.6 Å². The monoisotopic (exact) mass is 291 g/mol. The van der Waals surface area contributed by atoms with Crippen LogP contribution in [0.2, 0.25) is 0 Å². The molecule has 4 N–H and O–H groups in total. The van der Waals surface area contributed by atoms with Crippen LogP contribution in [0.3, 0.4) is 0 Å². The number of pyridine rings is 1. The van der Waals surface area contributed by atoms with E-state index in [1.165, 1.54) is 12.1 Å². The summed E-state index contributed by atoms with van der Waals surface area (Å²) in [5.74, 6) is 7.48. The van der Waals surface area contributed by atoms with Gasteiger partial charge in [0, 0.05) is 5.56 Å². The van der Waals surface area contributed by atoms with Gasteiger partial charge in [0.25, 0.3) is 5.69 Å². The lowest BCUT2D eigenvalue weighted by atomic mass is 10.1. The first kappa shape index (κ1) is 14.8. The number of nitrogens with two attached hydrogens (primary N) is 1. The van der Waals surface area contributed by atoms with Gasteiger partial charge in [-0.1, -0.05) is 0 Å². The summed E-state index contributed by atoms with van der Waals surface area (Å²) in [5, 5.41) is 14.0. The van der Waals surface area contributed by atoms with Gasteiger partial charge < -0.3 is 15.2 Å². The molecule has 0 aliphatic rings. The molecule has 1 atom stereocenters. The minimum atomic E-state index is -0.494. The number of anilines is 2. The second-order valence-electron chi connectivity index (χ2n) is 4.73. The molecule has 8 heteroatoms. The van der Waals surface area contributed by atoms with Crippen molar-refractivity contribution in [3.05, 3.63) is 45.4 Å². The number of hydrogen-bond acceptors (Lipinski definition) is 7. The molecule has 8 nitrogen and oxygen atoms in total. The van der Waals surface area contributed by atoms with Gasteiger partial charge in [-0.2, -0.15) is 0 Å². The van der Waals surface area contributed by atoms with Gasteiger partial charge in [0.15, 0.2) is 0 Å². The summed E-state index contributed by atoms with van der Waals surface area (Å²) in [6, 6.07) is 4.44. The molecule has 2 heterocycles. The second-order valence-corrected chi connectivity index (χ2v) is 4.73. The number of aromatic nitrogens is 1. The highest BCUT2D eigenvalue weighted by Gasteiger charge is 2.16. The maximum absolute atomic E-state index is 10.9. The van der Waals surface area contributed by atoms with Crippen LogP contribution in [0.15, 0.2) is 22.6 Å². The number of nitrogen functional groups attached to an aromatic ring is 1.